The molecule has 0 aliphatic rings. The molecule has 4 nitrogen and oxygen atoms in total. The number of methoxy groups -OCH3 is 1. The highest BCUT2D eigenvalue weighted by Crippen LogP contribution is 2.34. The number of benzene rings is 1. The van der Waals surface area contributed by atoms with Gasteiger partial charge in [0.05, 0.1) is 12.7 Å². The molecule has 0 fully saturated rings. The molecule has 0 saturated heterocycles. The molecule has 0 aliphatic heterocycles. The van der Waals surface area contributed by atoms with Crippen LogP contribution in [0.3, 0.4) is 0 Å². The van der Waals surface area contributed by atoms with Crippen LogP contribution in [0.25, 0.3) is 0 Å². The van der Waals surface area contributed by atoms with Gasteiger partial charge in [-0.15, -0.1) is 11.3 Å². The van der Waals surface area contributed by atoms with E-state index in [2.05, 4.69) is 4.98 Å². The maximum atomic E-state index is 11.1. The Labute approximate surface area is 106 Å². The summed E-state index contributed by atoms with van der Waals surface area (Å²) in [5.41, 5.74) is 0.256. The zero-order valence-corrected chi connectivity index (χ0v) is 10.5. The molecule has 17 heavy (non-hydrogen) atoms. The number of rotatable bonds is 4. The third kappa shape index (κ3) is 2.78. The van der Waals surface area contributed by atoms with Crippen molar-refractivity contribution in [3.05, 3.63) is 35.3 Å². The Hall–Kier alpha value is -1.53. The molecule has 0 bridgehead atoms. The minimum atomic E-state index is -0.952. The molecule has 0 spiro atoms. The Morgan fingerprint density at radius 3 is 2.94 bits per heavy atom. The zero-order valence-electron chi connectivity index (χ0n) is 8.91. The Balaban J connectivity index is 2.38. The lowest BCUT2D eigenvalue weighted by Crippen LogP contribution is -1.99. The molecule has 0 saturated carbocycles. The van der Waals surface area contributed by atoms with Crippen molar-refractivity contribution in [2.24, 2.45) is 0 Å². The van der Waals surface area contributed by atoms with Crippen LogP contribution < -0.4 is 4.74 Å². The number of aromatic carboxylic acids is 1. The third-order valence-corrected chi connectivity index (χ3v) is 3.97. The monoisotopic (exact) mass is 267 g/mol. The molecular formula is C11H9NO3S2. The van der Waals surface area contributed by atoms with Crippen molar-refractivity contribution < 1.29 is 14.6 Å². The van der Waals surface area contributed by atoms with E-state index in [9.17, 15) is 4.79 Å². The van der Waals surface area contributed by atoms with E-state index in [0.29, 0.717) is 10.6 Å². The van der Waals surface area contributed by atoms with E-state index in [1.807, 2.05) is 5.38 Å². The number of carboxylic acid groups (broad SMARTS) is 1. The van der Waals surface area contributed by atoms with Crippen LogP contribution in [0.1, 0.15) is 10.4 Å². The predicted octanol–water partition coefficient (Wildman–Crippen LogP) is 3.00. The average Bonchev–Trinajstić information content (AvgIpc) is 2.81. The number of carbonyl (C=O) groups is 1. The molecule has 0 atom stereocenters. The number of hydrogen-bond donors (Lipinski definition) is 1. The molecule has 6 heteroatoms. The first-order chi connectivity index (χ1) is 8.20. The molecule has 1 aromatic carbocycles. The smallest absolute Gasteiger partial charge is 0.336 e. The van der Waals surface area contributed by atoms with Gasteiger partial charge >= 0.3 is 5.97 Å². The summed E-state index contributed by atoms with van der Waals surface area (Å²) in [6.45, 7) is 0. The van der Waals surface area contributed by atoms with E-state index in [1.165, 1.54) is 29.2 Å². The number of carboxylic acids is 1. The Bertz CT molecular complexity index is 526. The van der Waals surface area contributed by atoms with Crippen LogP contribution in [-0.4, -0.2) is 23.2 Å². The number of ether oxygens (including phenoxy) is 1. The van der Waals surface area contributed by atoms with E-state index >= 15 is 0 Å². The van der Waals surface area contributed by atoms with Crippen molar-refractivity contribution >= 4 is 29.1 Å². The van der Waals surface area contributed by atoms with Crippen molar-refractivity contribution in [3.63, 3.8) is 0 Å². The lowest BCUT2D eigenvalue weighted by molar-refractivity contribution is 0.0693. The summed E-state index contributed by atoms with van der Waals surface area (Å²) < 4.78 is 5.89. The van der Waals surface area contributed by atoms with Crippen LogP contribution >= 0.6 is 23.1 Å². The molecule has 0 aliphatic carbocycles. The van der Waals surface area contributed by atoms with Gasteiger partial charge in [0.2, 0.25) is 0 Å². The lowest BCUT2D eigenvalue weighted by atomic mass is 10.2. The Morgan fingerprint density at radius 2 is 2.35 bits per heavy atom. The molecular weight excluding hydrogens is 258 g/mol. The Kier molecular flexibility index (Phi) is 3.65. The van der Waals surface area contributed by atoms with Gasteiger partial charge in [0.1, 0.15) is 5.75 Å². The summed E-state index contributed by atoms with van der Waals surface area (Å²) in [5, 5.41) is 10.9. The van der Waals surface area contributed by atoms with Gasteiger partial charge in [0.15, 0.2) is 4.34 Å². The normalized spacial score (nSPS) is 10.2. The maximum Gasteiger partial charge on any atom is 0.336 e. The summed E-state index contributed by atoms with van der Waals surface area (Å²) in [5.74, 6) is -0.319. The molecule has 1 N–H and O–H groups in total. The topological polar surface area (TPSA) is 59.4 Å². The van der Waals surface area contributed by atoms with Crippen LogP contribution in [0, 0.1) is 0 Å². The second-order valence-corrected chi connectivity index (χ2v) is 5.25. The largest absolute Gasteiger partial charge is 0.497 e. The van der Waals surface area contributed by atoms with Crippen LogP contribution in [0.5, 0.6) is 5.75 Å². The minimum Gasteiger partial charge on any atom is -0.497 e. The molecule has 0 amide bonds. The van der Waals surface area contributed by atoms with Gasteiger partial charge in [-0.1, -0.05) is 11.8 Å². The van der Waals surface area contributed by atoms with E-state index in [-0.39, 0.29) is 5.56 Å². The summed E-state index contributed by atoms with van der Waals surface area (Å²) in [6.07, 6.45) is 1.69. The quantitative estimate of drug-likeness (QED) is 0.922. The fourth-order valence-corrected chi connectivity index (χ4v) is 2.98. The van der Waals surface area contributed by atoms with Crippen molar-refractivity contribution in [2.45, 2.75) is 9.24 Å². The molecule has 0 radical (unpaired) electrons. The van der Waals surface area contributed by atoms with Gasteiger partial charge < -0.3 is 9.84 Å². The second kappa shape index (κ2) is 5.20. The van der Waals surface area contributed by atoms with Crippen molar-refractivity contribution in [3.8, 4) is 5.75 Å². The SMILES string of the molecule is COc1ccc(C(=O)O)c(Sc2nccs2)c1. The van der Waals surface area contributed by atoms with Gasteiger partial charge in [-0.3, -0.25) is 0 Å². The number of thiazole rings is 1. The lowest BCUT2D eigenvalue weighted by Gasteiger charge is -2.06. The fourth-order valence-electron chi connectivity index (χ4n) is 1.25. The molecule has 1 heterocycles. The van der Waals surface area contributed by atoms with Gasteiger partial charge in [0, 0.05) is 16.5 Å². The first kappa shape index (κ1) is 11.9. The van der Waals surface area contributed by atoms with Crippen LogP contribution in [-0.2, 0) is 0 Å². The average molecular weight is 267 g/mol. The zero-order chi connectivity index (χ0) is 12.3. The molecule has 2 aromatic rings. The Morgan fingerprint density at radius 1 is 1.53 bits per heavy atom. The fraction of sp³-hybridized carbons (Fsp3) is 0.0909. The van der Waals surface area contributed by atoms with Gasteiger partial charge in [-0.2, -0.15) is 0 Å². The highest BCUT2D eigenvalue weighted by Gasteiger charge is 2.13. The van der Waals surface area contributed by atoms with Gasteiger partial charge in [-0.25, -0.2) is 9.78 Å². The minimum absolute atomic E-state index is 0.256. The maximum absolute atomic E-state index is 11.1. The standard InChI is InChI=1S/C11H9NO3S2/c1-15-7-2-3-8(10(13)14)9(6-7)17-11-12-4-5-16-11/h2-6H,1H3,(H,13,14). The number of nitrogens with zero attached hydrogens (tertiary/aromatic N) is 1. The summed E-state index contributed by atoms with van der Waals surface area (Å²) >= 11 is 2.80. The number of aromatic nitrogens is 1. The first-order valence-electron chi connectivity index (χ1n) is 4.69. The molecule has 88 valence electrons. The molecule has 2 rings (SSSR count). The molecule has 0 unspecified atom stereocenters. The highest BCUT2D eigenvalue weighted by molar-refractivity contribution is 8.01. The van der Waals surface area contributed by atoms with Crippen LogP contribution in [0.2, 0.25) is 0 Å². The van der Waals surface area contributed by atoms with Crippen molar-refractivity contribution in [1.29, 1.82) is 0 Å². The summed E-state index contributed by atoms with van der Waals surface area (Å²) in [4.78, 5) is 15.8. The predicted molar refractivity (Wildman–Crippen MR) is 66.2 cm³/mol. The van der Waals surface area contributed by atoms with Gasteiger partial charge in [-0.05, 0) is 18.2 Å². The highest BCUT2D eigenvalue weighted by atomic mass is 32.2. The van der Waals surface area contributed by atoms with E-state index in [4.69, 9.17) is 9.84 Å². The summed E-state index contributed by atoms with van der Waals surface area (Å²) in [7, 11) is 1.55. The number of hydrogen-bond acceptors (Lipinski definition) is 5. The van der Waals surface area contributed by atoms with E-state index < -0.39 is 5.97 Å². The van der Waals surface area contributed by atoms with Crippen LogP contribution in [0.15, 0.2) is 39.0 Å². The second-order valence-electron chi connectivity index (χ2n) is 3.07. The summed E-state index contributed by atoms with van der Waals surface area (Å²) in [6, 6.07) is 4.88. The van der Waals surface area contributed by atoms with E-state index in [0.717, 1.165) is 4.34 Å². The first-order valence-corrected chi connectivity index (χ1v) is 6.39. The van der Waals surface area contributed by atoms with Gasteiger partial charge in [0.25, 0.3) is 0 Å². The molecule has 1 aromatic heterocycles. The van der Waals surface area contributed by atoms with Crippen molar-refractivity contribution in [1.82, 2.24) is 4.98 Å². The van der Waals surface area contributed by atoms with Crippen LogP contribution in [0.4, 0.5) is 0 Å². The van der Waals surface area contributed by atoms with E-state index in [1.54, 1.807) is 25.4 Å². The third-order valence-electron chi connectivity index (χ3n) is 2.03. The van der Waals surface area contributed by atoms with Crippen molar-refractivity contribution in [2.75, 3.05) is 7.11 Å².